The van der Waals surface area contributed by atoms with Gasteiger partial charge in [0.25, 0.3) is 0 Å². The Bertz CT molecular complexity index is 624. The van der Waals surface area contributed by atoms with Crippen molar-refractivity contribution >= 4 is 27.3 Å². The summed E-state index contributed by atoms with van der Waals surface area (Å²) in [5.41, 5.74) is -0.140. The highest BCUT2D eigenvalue weighted by Gasteiger charge is 2.32. The van der Waals surface area contributed by atoms with Crippen LogP contribution in [-0.2, 0) is 6.18 Å². The third-order valence-electron chi connectivity index (χ3n) is 3.00. The van der Waals surface area contributed by atoms with Gasteiger partial charge in [-0.05, 0) is 51.6 Å². The van der Waals surface area contributed by atoms with Gasteiger partial charge in [0, 0.05) is 15.4 Å². The molecule has 0 bridgehead atoms. The van der Waals surface area contributed by atoms with E-state index in [0.717, 1.165) is 28.2 Å². The molecule has 1 heterocycles. The predicted molar refractivity (Wildman–Crippen MR) is 78.9 cm³/mol. The van der Waals surface area contributed by atoms with Crippen LogP contribution in [0.15, 0.2) is 33.4 Å². The lowest BCUT2D eigenvalue weighted by Crippen LogP contribution is -2.23. The summed E-state index contributed by atoms with van der Waals surface area (Å²) in [6.07, 6.45) is -4.49. The summed E-state index contributed by atoms with van der Waals surface area (Å²) < 4.78 is 53.2. The molecule has 0 aliphatic rings. The molecule has 7 heteroatoms. The first kappa shape index (κ1) is 16.5. The average Bonchev–Trinajstić information content (AvgIpc) is 2.82. The summed E-state index contributed by atoms with van der Waals surface area (Å²) in [7, 11) is 0. The summed E-state index contributed by atoms with van der Waals surface area (Å²) in [5, 5.41) is 6.63. The Hall–Kier alpha value is -0.920. The van der Waals surface area contributed by atoms with Crippen molar-refractivity contribution in [2.24, 2.45) is 0 Å². The van der Waals surface area contributed by atoms with Crippen molar-refractivity contribution in [3.05, 3.63) is 55.9 Å². The molecule has 0 aliphatic carbocycles. The molecule has 1 aromatic heterocycles. The Kier molecular flexibility index (Phi) is 5.06. The normalized spacial score (nSPS) is 13.4. The number of alkyl halides is 3. The van der Waals surface area contributed by atoms with Gasteiger partial charge in [0.05, 0.1) is 11.6 Å². The smallest absolute Gasteiger partial charge is 0.306 e. The van der Waals surface area contributed by atoms with Gasteiger partial charge >= 0.3 is 6.18 Å². The fourth-order valence-electron chi connectivity index (χ4n) is 2.03. The summed E-state index contributed by atoms with van der Waals surface area (Å²) >= 11 is 4.74. The zero-order valence-electron chi connectivity index (χ0n) is 11.0. The van der Waals surface area contributed by atoms with Crippen LogP contribution in [0.2, 0.25) is 0 Å². The fourth-order valence-corrected chi connectivity index (χ4v) is 3.58. The molecule has 21 heavy (non-hydrogen) atoms. The topological polar surface area (TPSA) is 12.0 Å². The third kappa shape index (κ3) is 3.64. The van der Waals surface area contributed by atoms with Crippen LogP contribution in [0.25, 0.3) is 0 Å². The maximum atomic E-state index is 14.0. The van der Waals surface area contributed by atoms with Gasteiger partial charge in [0.1, 0.15) is 5.82 Å². The van der Waals surface area contributed by atoms with E-state index >= 15 is 0 Å². The van der Waals surface area contributed by atoms with Gasteiger partial charge in [-0.15, -0.1) is 0 Å². The minimum atomic E-state index is -4.49. The second-order valence-corrected chi connectivity index (χ2v) is 6.00. The molecule has 2 aromatic rings. The first-order chi connectivity index (χ1) is 9.84. The molecule has 114 valence electrons. The molecule has 1 aromatic carbocycles. The van der Waals surface area contributed by atoms with E-state index in [4.69, 9.17) is 0 Å². The van der Waals surface area contributed by atoms with Crippen molar-refractivity contribution in [1.29, 1.82) is 0 Å². The highest BCUT2D eigenvalue weighted by Crippen LogP contribution is 2.36. The second-order valence-electron chi connectivity index (χ2n) is 4.40. The van der Waals surface area contributed by atoms with E-state index in [1.807, 2.05) is 12.3 Å². The van der Waals surface area contributed by atoms with E-state index in [0.29, 0.717) is 6.54 Å². The molecule has 0 fully saturated rings. The molecular formula is C14H12BrF4NS. The van der Waals surface area contributed by atoms with Crippen LogP contribution in [0.1, 0.15) is 29.7 Å². The van der Waals surface area contributed by atoms with Crippen molar-refractivity contribution in [3.63, 3.8) is 0 Å². The second kappa shape index (κ2) is 6.46. The number of halogens is 5. The molecule has 0 amide bonds. The van der Waals surface area contributed by atoms with Crippen molar-refractivity contribution in [2.75, 3.05) is 6.54 Å². The van der Waals surface area contributed by atoms with Crippen LogP contribution >= 0.6 is 27.3 Å². The molecule has 0 saturated carbocycles. The van der Waals surface area contributed by atoms with Gasteiger partial charge in [0.15, 0.2) is 0 Å². The molecule has 1 unspecified atom stereocenters. The lowest BCUT2D eigenvalue weighted by molar-refractivity contribution is -0.137. The Morgan fingerprint density at radius 3 is 2.48 bits per heavy atom. The lowest BCUT2D eigenvalue weighted by atomic mass is 9.98. The van der Waals surface area contributed by atoms with E-state index in [2.05, 4.69) is 21.2 Å². The van der Waals surface area contributed by atoms with Gasteiger partial charge in [-0.1, -0.05) is 6.92 Å². The number of rotatable bonds is 4. The van der Waals surface area contributed by atoms with Gasteiger partial charge in [-0.3, -0.25) is 0 Å². The van der Waals surface area contributed by atoms with E-state index in [1.54, 1.807) is 5.38 Å². The van der Waals surface area contributed by atoms with Crippen molar-refractivity contribution < 1.29 is 17.6 Å². The van der Waals surface area contributed by atoms with Crippen LogP contribution in [0.4, 0.5) is 17.6 Å². The molecule has 1 nitrogen and oxygen atoms in total. The minimum absolute atomic E-state index is 0.00854. The number of hydrogen-bond donors (Lipinski definition) is 1. The highest BCUT2D eigenvalue weighted by molar-refractivity contribution is 9.10. The van der Waals surface area contributed by atoms with Gasteiger partial charge in [-0.2, -0.15) is 24.5 Å². The zero-order chi connectivity index (χ0) is 15.6. The number of hydrogen-bond acceptors (Lipinski definition) is 2. The Morgan fingerprint density at radius 1 is 1.24 bits per heavy atom. The van der Waals surface area contributed by atoms with E-state index in [1.165, 1.54) is 11.3 Å². The maximum Gasteiger partial charge on any atom is 0.416 e. The molecule has 2 rings (SSSR count). The molecule has 0 radical (unpaired) electrons. The summed E-state index contributed by atoms with van der Waals surface area (Å²) in [6, 6.07) is 1.86. The Morgan fingerprint density at radius 2 is 1.95 bits per heavy atom. The molecule has 0 aliphatic heterocycles. The fraction of sp³-hybridized carbons (Fsp3) is 0.286. The number of nitrogens with one attached hydrogen (secondary N) is 1. The van der Waals surface area contributed by atoms with E-state index in [9.17, 15) is 17.6 Å². The molecule has 0 saturated heterocycles. The monoisotopic (exact) mass is 381 g/mol. The third-order valence-corrected chi connectivity index (χ3v) is 4.75. The van der Waals surface area contributed by atoms with Crippen LogP contribution in [0.3, 0.4) is 0 Å². The number of thiophene rings is 1. The Labute approximate surface area is 132 Å². The quantitative estimate of drug-likeness (QED) is 0.702. The molecule has 1 atom stereocenters. The maximum absolute atomic E-state index is 14.0. The highest BCUT2D eigenvalue weighted by atomic mass is 79.9. The largest absolute Gasteiger partial charge is 0.416 e. The van der Waals surface area contributed by atoms with E-state index < -0.39 is 23.6 Å². The minimum Gasteiger partial charge on any atom is -0.306 e. The summed E-state index contributed by atoms with van der Waals surface area (Å²) in [4.78, 5) is 0. The van der Waals surface area contributed by atoms with Crippen LogP contribution < -0.4 is 5.32 Å². The SMILES string of the molecule is CCNC(c1cc(C(F)(F)F)ccc1F)c1cscc1Br. The first-order valence-electron chi connectivity index (χ1n) is 6.16. The zero-order valence-corrected chi connectivity index (χ0v) is 13.4. The molecular weight excluding hydrogens is 370 g/mol. The van der Waals surface area contributed by atoms with Crippen LogP contribution in [0.5, 0.6) is 0 Å². The average molecular weight is 382 g/mol. The van der Waals surface area contributed by atoms with Crippen molar-refractivity contribution in [1.82, 2.24) is 5.32 Å². The first-order valence-corrected chi connectivity index (χ1v) is 7.89. The number of benzene rings is 1. The molecule has 0 spiro atoms. The van der Waals surface area contributed by atoms with Crippen molar-refractivity contribution in [2.45, 2.75) is 19.1 Å². The molecule has 1 N–H and O–H groups in total. The van der Waals surface area contributed by atoms with Gasteiger partial charge < -0.3 is 5.32 Å². The van der Waals surface area contributed by atoms with Crippen LogP contribution in [-0.4, -0.2) is 6.54 Å². The Balaban J connectivity index is 2.52. The predicted octanol–water partition coefficient (Wildman–Crippen LogP) is 5.37. The van der Waals surface area contributed by atoms with Gasteiger partial charge in [-0.25, -0.2) is 4.39 Å². The standard InChI is InChI=1S/C14H12BrF4NS/c1-2-20-13(10-6-21-7-11(10)15)9-5-8(14(17,18)19)3-4-12(9)16/h3-7,13,20H,2H2,1H3. The van der Waals surface area contributed by atoms with Gasteiger partial charge in [0.2, 0.25) is 0 Å². The summed E-state index contributed by atoms with van der Waals surface area (Å²) in [6.45, 7) is 2.32. The lowest BCUT2D eigenvalue weighted by Gasteiger charge is -2.20. The van der Waals surface area contributed by atoms with E-state index in [-0.39, 0.29) is 5.56 Å². The summed E-state index contributed by atoms with van der Waals surface area (Å²) in [5.74, 6) is -0.660. The van der Waals surface area contributed by atoms with Crippen molar-refractivity contribution in [3.8, 4) is 0 Å². The van der Waals surface area contributed by atoms with Crippen LogP contribution in [0, 0.1) is 5.82 Å².